The number of halogens is 2. The molecule has 1 N–H and O–H groups in total. The summed E-state index contributed by atoms with van der Waals surface area (Å²) in [6, 6.07) is 15.8. The number of aromatic nitrogens is 2. The van der Waals surface area contributed by atoms with Crippen LogP contribution in [0.25, 0.3) is 21.3 Å². The molecule has 0 saturated carbocycles. The third-order valence-electron chi connectivity index (χ3n) is 3.61. The summed E-state index contributed by atoms with van der Waals surface area (Å²) in [6.45, 7) is 0. The molecule has 0 aliphatic rings. The van der Waals surface area contributed by atoms with Gasteiger partial charge in [0.1, 0.15) is 17.0 Å². The first-order chi connectivity index (χ1) is 11.7. The van der Waals surface area contributed by atoms with Gasteiger partial charge >= 0.3 is 0 Å². The molecular weight excluding hydrogens is 406 g/mol. The van der Waals surface area contributed by atoms with E-state index in [1.165, 1.54) is 0 Å². The van der Waals surface area contributed by atoms with Gasteiger partial charge in [0, 0.05) is 26.1 Å². The molecule has 0 amide bonds. The molecule has 2 heterocycles. The van der Waals surface area contributed by atoms with Crippen LogP contribution in [-0.4, -0.2) is 9.97 Å². The highest BCUT2D eigenvalue weighted by Gasteiger charge is 2.13. The Kier molecular flexibility index (Phi) is 4.22. The maximum Gasteiger partial charge on any atom is 0.143 e. The van der Waals surface area contributed by atoms with Crippen molar-refractivity contribution in [2.24, 2.45) is 0 Å². The molecule has 0 saturated heterocycles. The van der Waals surface area contributed by atoms with Crippen molar-refractivity contribution in [3.05, 3.63) is 69.7 Å². The molecule has 3 nitrogen and oxygen atoms in total. The summed E-state index contributed by atoms with van der Waals surface area (Å²) in [5.74, 6) is 0.796. The second-order valence-electron chi connectivity index (χ2n) is 5.19. The second-order valence-corrected chi connectivity index (χ2v) is 7.40. The average Bonchev–Trinajstić information content (AvgIpc) is 3.01. The molecular formula is C18H11BrClN3S. The fraction of sp³-hybridized carbons (Fsp3) is 0. The Morgan fingerprint density at radius 3 is 2.67 bits per heavy atom. The van der Waals surface area contributed by atoms with Crippen LogP contribution in [0, 0.1) is 0 Å². The van der Waals surface area contributed by atoms with Gasteiger partial charge in [0.2, 0.25) is 0 Å². The number of anilines is 2. The molecule has 0 fully saturated rings. The van der Waals surface area contributed by atoms with E-state index in [0.717, 1.165) is 42.3 Å². The fourth-order valence-corrected chi connectivity index (χ4v) is 3.96. The number of hydrogen-bond donors (Lipinski definition) is 1. The van der Waals surface area contributed by atoms with Crippen molar-refractivity contribution in [3.63, 3.8) is 0 Å². The summed E-state index contributed by atoms with van der Waals surface area (Å²) in [5.41, 5.74) is 3.17. The molecule has 4 rings (SSSR count). The third-order valence-corrected chi connectivity index (χ3v) is 5.24. The highest BCUT2D eigenvalue weighted by atomic mass is 79.9. The van der Waals surface area contributed by atoms with Gasteiger partial charge in [-0.3, -0.25) is 0 Å². The zero-order chi connectivity index (χ0) is 16.5. The Balaban J connectivity index is 1.84. The van der Waals surface area contributed by atoms with Crippen LogP contribution < -0.4 is 5.32 Å². The van der Waals surface area contributed by atoms with Crippen molar-refractivity contribution < 1.29 is 0 Å². The highest BCUT2D eigenvalue weighted by Crippen LogP contribution is 2.37. The Bertz CT molecular complexity index is 1010. The van der Waals surface area contributed by atoms with Crippen LogP contribution in [0.5, 0.6) is 0 Å². The van der Waals surface area contributed by atoms with Crippen molar-refractivity contribution in [3.8, 4) is 11.1 Å². The zero-order valence-electron chi connectivity index (χ0n) is 12.3. The van der Waals surface area contributed by atoms with Crippen LogP contribution in [-0.2, 0) is 0 Å². The van der Waals surface area contributed by atoms with E-state index >= 15 is 0 Å². The van der Waals surface area contributed by atoms with Crippen molar-refractivity contribution >= 4 is 60.6 Å². The molecule has 0 aliphatic carbocycles. The van der Waals surface area contributed by atoms with Gasteiger partial charge in [-0.15, -0.1) is 11.3 Å². The van der Waals surface area contributed by atoms with Crippen LogP contribution in [0.1, 0.15) is 0 Å². The lowest BCUT2D eigenvalue weighted by molar-refractivity contribution is 1.23. The van der Waals surface area contributed by atoms with Crippen molar-refractivity contribution in [2.45, 2.75) is 0 Å². The van der Waals surface area contributed by atoms with E-state index in [1.807, 2.05) is 48.5 Å². The minimum Gasteiger partial charge on any atom is -0.340 e. The molecule has 0 spiro atoms. The maximum absolute atomic E-state index is 6.01. The van der Waals surface area contributed by atoms with Gasteiger partial charge in [-0.2, -0.15) is 0 Å². The Labute approximate surface area is 156 Å². The summed E-state index contributed by atoms with van der Waals surface area (Å²) in [4.78, 5) is 9.80. The predicted molar refractivity (Wildman–Crippen MR) is 105 cm³/mol. The summed E-state index contributed by atoms with van der Waals surface area (Å²) in [6.07, 6.45) is 1.59. The second kappa shape index (κ2) is 6.51. The van der Waals surface area contributed by atoms with E-state index in [0.29, 0.717) is 0 Å². The number of rotatable bonds is 3. The van der Waals surface area contributed by atoms with Gasteiger partial charge in [-0.25, -0.2) is 9.97 Å². The van der Waals surface area contributed by atoms with Gasteiger partial charge in [0.25, 0.3) is 0 Å². The van der Waals surface area contributed by atoms with Gasteiger partial charge in [0.05, 0.1) is 5.39 Å². The standard InChI is InChI=1S/C18H11BrClN3S/c19-12-2-1-3-14(8-12)23-17-16-15(9-24-18(16)22-10-21-17)11-4-6-13(20)7-5-11/h1-10H,(H,21,22,23). The van der Waals surface area contributed by atoms with E-state index in [1.54, 1.807) is 17.7 Å². The van der Waals surface area contributed by atoms with Crippen LogP contribution >= 0.6 is 38.9 Å². The zero-order valence-corrected chi connectivity index (χ0v) is 15.5. The molecule has 0 unspecified atom stereocenters. The maximum atomic E-state index is 6.01. The summed E-state index contributed by atoms with van der Waals surface area (Å²) < 4.78 is 1.01. The number of hydrogen-bond acceptors (Lipinski definition) is 4. The number of benzene rings is 2. The largest absolute Gasteiger partial charge is 0.340 e. The molecule has 2 aromatic carbocycles. The smallest absolute Gasteiger partial charge is 0.143 e. The van der Waals surface area contributed by atoms with E-state index in [2.05, 4.69) is 36.6 Å². The average molecular weight is 417 g/mol. The van der Waals surface area contributed by atoms with Crippen LogP contribution in [0.3, 0.4) is 0 Å². The SMILES string of the molecule is Clc1ccc(-c2csc3ncnc(Nc4cccc(Br)c4)c23)cc1. The summed E-state index contributed by atoms with van der Waals surface area (Å²) >= 11 is 11.1. The van der Waals surface area contributed by atoms with Crippen molar-refractivity contribution in [1.29, 1.82) is 0 Å². The number of thiophene rings is 1. The summed E-state index contributed by atoms with van der Waals surface area (Å²) in [5, 5.41) is 7.24. The molecule has 0 bridgehead atoms. The van der Waals surface area contributed by atoms with E-state index in [4.69, 9.17) is 11.6 Å². The molecule has 0 aliphatic heterocycles. The topological polar surface area (TPSA) is 37.8 Å². The van der Waals surface area contributed by atoms with E-state index < -0.39 is 0 Å². The normalized spacial score (nSPS) is 10.9. The van der Waals surface area contributed by atoms with Gasteiger partial charge in [-0.1, -0.05) is 45.7 Å². The van der Waals surface area contributed by atoms with Crippen molar-refractivity contribution in [1.82, 2.24) is 9.97 Å². The molecule has 4 aromatic rings. The number of nitrogens with one attached hydrogen (secondary N) is 1. The first-order valence-corrected chi connectivity index (χ1v) is 9.26. The quantitative estimate of drug-likeness (QED) is 0.413. The van der Waals surface area contributed by atoms with Crippen LogP contribution in [0.15, 0.2) is 64.7 Å². The monoisotopic (exact) mass is 415 g/mol. The molecule has 118 valence electrons. The van der Waals surface area contributed by atoms with Gasteiger partial charge in [0.15, 0.2) is 0 Å². The van der Waals surface area contributed by atoms with E-state index in [9.17, 15) is 0 Å². The lowest BCUT2D eigenvalue weighted by Gasteiger charge is -2.09. The van der Waals surface area contributed by atoms with Gasteiger partial charge < -0.3 is 5.32 Å². The van der Waals surface area contributed by atoms with Crippen LogP contribution in [0.2, 0.25) is 5.02 Å². The molecule has 2 aromatic heterocycles. The third kappa shape index (κ3) is 3.02. The highest BCUT2D eigenvalue weighted by molar-refractivity contribution is 9.10. The molecule has 0 atom stereocenters. The summed E-state index contributed by atoms with van der Waals surface area (Å²) in [7, 11) is 0. The Hall–Kier alpha value is -1.95. The Morgan fingerprint density at radius 2 is 1.88 bits per heavy atom. The fourth-order valence-electron chi connectivity index (χ4n) is 2.51. The number of fused-ring (bicyclic) bond motifs is 1. The van der Waals surface area contributed by atoms with E-state index in [-0.39, 0.29) is 0 Å². The van der Waals surface area contributed by atoms with Crippen LogP contribution in [0.4, 0.5) is 11.5 Å². The van der Waals surface area contributed by atoms with Crippen molar-refractivity contribution in [2.75, 3.05) is 5.32 Å². The predicted octanol–water partition coefficient (Wildman–Crippen LogP) is 6.52. The van der Waals surface area contributed by atoms with Gasteiger partial charge in [-0.05, 0) is 35.9 Å². The first kappa shape index (κ1) is 15.6. The minimum absolute atomic E-state index is 0.724. The Morgan fingerprint density at radius 1 is 1.04 bits per heavy atom. The first-order valence-electron chi connectivity index (χ1n) is 7.21. The minimum atomic E-state index is 0.724. The number of nitrogens with zero attached hydrogens (tertiary/aromatic N) is 2. The molecule has 24 heavy (non-hydrogen) atoms. The lowest BCUT2D eigenvalue weighted by atomic mass is 10.1. The molecule has 6 heteroatoms. The lowest BCUT2D eigenvalue weighted by Crippen LogP contribution is -1.95. The molecule has 0 radical (unpaired) electrons.